The predicted molar refractivity (Wildman–Crippen MR) is 97.3 cm³/mol. The Morgan fingerprint density at radius 2 is 1.72 bits per heavy atom. The van der Waals surface area contributed by atoms with Crippen LogP contribution in [-0.4, -0.2) is 42.3 Å². The predicted octanol–water partition coefficient (Wildman–Crippen LogP) is 3.57. The first-order valence-electron chi connectivity index (χ1n) is 8.97. The first-order chi connectivity index (χ1) is 11.9. The smallest absolute Gasteiger partial charge is 0.434 e. The van der Waals surface area contributed by atoms with Crippen LogP contribution >= 0.6 is 0 Å². The van der Waals surface area contributed by atoms with Crippen LogP contribution in [0.3, 0.4) is 0 Å². The van der Waals surface area contributed by atoms with Gasteiger partial charge in [-0.25, -0.2) is 4.79 Å². The van der Waals surface area contributed by atoms with Crippen molar-refractivity contribution in [2.24, 2.45) is 11.3 Å². The lowest BCUT2D eigenvalue weighted by Gasteiger charge is -2.24. The van der Waals surface area contributed by atoms with Crippen LogP contribution in [0, 0.1) is 11.3 Å². The first kappa shape index (κ1) is 21.5. The van der Waals surface area contributed by atoms with Crippen molar-refractivity contribution in [1.82, 2.24) is 0 Å². The Morgan fingerprint density at radius 1 is 1.08 bits per heavy atom. The third kappa shape index (κ3) is 8.89. The SMILES string of the molecule is CC(C)CC[C@H](CCc1ccccc1)OC(=O)OCC(C)(CO)CO. The van der Waals surface area contributed by atoms with Gasteiger partial charge in [-0.1, -0.05) is 51.1 Å². The Hall–Kier alpha value is -1.59. The van der Waals surface area contributed by atoms with Crippen molar-refractivity contribution in [3.8, 4) is 0 Å². The van der Waals surface area contributed by atoms with E-state index in [4.69, 9.17) is 9.47 Å². The molecule has 142 valence electrons. The van der Waals surface area contributed by atoms with Crippen LogP contribution in [0.4, 0.5) is 4.79 Å². The second-order valence-corrected chi connectivity index (χ2v) is 7.40. The van der Waals surface area contributed by atoms with Crippen LogP contribution in [0.1, 0.15) is 45.6 Å². The van der Waals surface area contributed by atoms with Gasteiger partial charge in [0.1, 0.15) is 12.7 Å². The number of carbonyl (C=O) groups excluding carboxylic acids is 1. The molecule has 25 heavy (non-hydrogen) atoms. The number of hydrogen-bond donors (Lipinski definition) is 2. The van der Waals surface area contributed by atoms with Crippen molar-refractivity contribution in [2.45, 2.75) is 52.6 Å². The van der Waals surface area contributed by atoms with Gasteiger partial charge >= 0.3 is 6.16 Å². The van der Waals surface area contributed by atoms with Crippen molar-refractivity contribution in [2.75, 3.05) is 19.8 Å². The fourth-order valence-electron chi connectivity index (χ4n) is 2.30. The van der Waals surface area contributed by atoms with Crippen LogP contribution in [0.25, 0.3) is 0 Å². The maximum absolute atomic E-state index is 12.0. The summed E-state index contributed by atoms with van der Waals surface area (Å²) >= 11 is 0. The summed E-state index contributed by atoms with van der Waals surface area (Å²) < 4.78 is 10.6. The molecule has 0 radical (unpaired) electrons. The normalized spacial score (nSPS) is 12.9. The Bertz CT molecular complexity index is 482. The van der Waals surface area contributed by atoms with E-state index in [1.807, 2.05) is 18.2 Å². The van der Waals surface area contributed by atoms with Gasteiger partial charge in [-0.15, -0.1) is 0 Å². The van der Waals surface area contributed by atoms with Crippen LogP contribution in [0.15, 0.2) is 30.3 Å². The molecule has 5 heteroatoms. The van der Waals surface area contributed by atoms with Crippen molar-refractivity contribution in [3.63, 3.8) is 0 Å². The van der Waals surface area contributed by atoms with Gasteiger partial charge in [-0.05, 0) is 37.2 Å². The van der Waals surface area contributed by atoms with Crippen molar-refractivity contribution in [3.05, 3.63) is 35.9 Å². The molecule has 0 saturated carbocycles. The molecule has 0 aliphatic rings. The number of aliphatic hydroxyl groups excluding tert-OH is 2. The van der Waals surface area contributed by atoms with Gasteiger partial charge in [0, 0.05) is 5.41 Å². The molecule has 1 atom stereocenters. The highest BCUT2D eigenvalue weighted by atomic mass is 16.7. The number of hydrogen-bond acceptors (Lipinski definition) is 5. The summed E-state index contributed by atoms with van der Waals surface area (Å²) in [6, 6.07) is 10.1. The van der Waals surface area contributed by atoms with E-state index in [-0.39, 0.29) is 25.9 Å². The Balaban J connectivity index is 2.52. The largest absolute Gasteiger partial charge is 0.508 e. The van der Waals surface area contributed by atoms with E-state index in [2.05, 4.69) is 26.0 Å². The van der Waals surface area contributed by atoms with E-state index in [0.717, 1.165) is 25.7 Å². The lowest BCUT2D eigenvalue weighted by atomic mass is 9.95. The van der Waals surface area contributed by atoms with E-state index in [9.17, 15) is 15.0 Å². The third-order valence-electron chi connectivity index (χ3n) is 4.23. The number of rotatable bonds is 11. The first-order valence-corrected chi connectivity index (χ1v) is 8.97. The molecule has 0 heterocycles. The number of benzene rings is 1. The van der Waals surface area contributed by atoms with Crippen molar-refractivity contribution in [1.29, 1.82) is 0 Å². The molecule has 0 saturated heterocycles. The number of carbonyl (C=O) groups is 1. The van der Waals surface area contributed by atoms with E-state index >= 15 is 0 Å². The molecule has 0 bridgehead atoms. The number of ether oxygens (including phenoxy) is 2. The van der Waals surface area contributed by atoms with E-state index in [1.165, 1.54) is 5.56 Å². The molecular weight excluding hydrogens is 320 g/mol. The summed E-state index contributed by atoms with van der Waals surface area (Å²) in [6.45, 7) is 5.32. The molecule has 0 fully saturated rings. The minimum atomic E-state index is -0.851. The summed E-state index contributed by atoms with van der Waals surface area (Å²) in [6.07, 6.45) is 2.39. The van der Waals surface area contributed by atoms with Crippen molar-refractivity contribution < 1.29 is 24.5 Å². The second-order valence-electron chi connectivity index (χ2n) is 7.40. The standard InChI is InChI=1S/C20H32O5/c1-16(2)9-11-18(12-10-17-7-5-4-6-8-17)25-19(23)24-15-20(3,13-21)14-22/h4-8,16,18,21-22H,9-15H2,1-3H3/t18-/m1/s1. The van der Waals surface area contributed by atoms with Crippen LogP contribution in [0.2, 0.25) is 0 Å². The summed E-state index contributed by atoms with van der Waals surface area (Å²) in [5, 5.41) is 18.5. The highest BCUT2D eigenvalue weighted by Crippen LogP contribution is 2.18. The lowest BCUT2D eigenvalue weighted by Crippen LogP contribution is -2.33. The average molecular weight is 352 g/mol. The molecule has 0 amide bonds. The summed E-state index contributed by atoms with van der Waals surface area (Å²) in [4.78, 5) is 12.0. The average Bonchev–Trinajstić information content (AvgIpc) is 2.62. The molecule has 2 N–H and O–H groups in total. The van der Waals surface area contributed by atoms with Gasteiger partial charge in [0.2, 0.25) is 0 Å². The minimum absolute atomic E-state index is 0.0750. The van der Waals surface area contributed by atoms with Gasteiger partial charge in [-0.3, -0.25) is 0 Å². The quantitative estimate of drug-likeness (QED) is 0.596. The van der Waals surface area contributed by atoms with E-state index in [1.54, 1.807) is 6.92 Å². The molecule has 0 spiro atoms. The molecule has 1 rings (SSSR count). The molecule has 5 nitrogen and oxygen atoms in total. The third-order valence-corrected chi connectivity index (χ3v) is 4.23. The van der Waals surface area contributed by atoms with E-state index in [0.29, 0.717) is 5.92 Å². The molecule has 0 aromatic heterocycles. The lowest BCUT2D eigenvalue weighted by molar-refractivity contribution is -0.0305. The Kier molecular flexibility index (Phi) is 9.53. The molecule has 1 aromatic carbocycles. The molecule has 0 aliphatic heterocycles. The van der Waals surface area contributed by atoms with Gasteiger partial charge in [0.25, 0.3) is 0 Å². The Labute approximate surface area is 151 Å². The minimum Gasteiger partial charge on any atom is -0.434 e. The summed E-state index contributed by atoms with van der Waals surface area (Å²) in [5.74, 6) is 0.533. The fraction of sp³-hybridized carbons (Fsp3) is 0.650. The van der Waals surface area contributed by atoms with Crippen LogP contribution in [0.5, 0.6) is 0 Å². The number of aryl methyl sites for hydroxylation is 1. The zero-order chi connectivity index (χ0) is 18.7. The molecule has 0 aliphatic carbocycles. The molecule has 1 aromatic rings. The highest BCUT2D eigenvalue weighted by molar-refractivity contribution is 5.60. The maximum atomic E-state index is 12.0. The highest BCUT2D eigenvalue weighted by Gasteiger charge is 2.26. The summed E-state index contributed by atoms with van der Waals surface area (Å²) in [5.41, 5.74) is 0.360. The molecular formula is C20H32O5. The number of aliphatic hydroxyl groups is 2. The van der Waals surface area contributed by atoms with E-state index < -0.39 is 11.6 Å². The fourth-order valence-corrected chi connectivity index (χ4v) is 2.30. The second kappa shape index (κ2) is 11.1. The maximum Gasteiger partial charge on any atom is 0.508 e. The zero-order valence-electron chi connectivity index (χ0n) is 15.6. The molecule has 0 unspecified atom stereocenters. The monoisotopic (exact) mass is 352 g/mol. The topological polar surface area (TPSA) is 76.0 Å². The van der Waals surface area contributed by atoms with Crippen LogP contribution < -0.4 is 0 Å². The van der Waals surface area contributed by atoms with Gasteiger partial charge < -0.3 is 19.7 Å². The van der Waals surface area contributed by atoms with Gasteiger partial charge in [0.15, 0.2) is 0 Å². The zero-order valence-corrected chi connectivity index (χ0v) is 15.6. The van der Waals surface area contributed by atoms with Gasteiger partial charge in [-0.2, -0.15) is 0 Å². The van der Waals surface area contributed by atoms with Crippen LogP contribution in [-0.2, 0) is 15.9 Å². The Morgan fingerprint density at radius 3 is 2.28 bits per heavy atom. The summed E-state index contributed by atoms with van der Waals surface area (Å²) in [7, 11) is 0. The van der Waals surface area contributed by atoms with Crippen molar-refractivity contribution >= 4 is 6.16 Å². The van der Waals surface area contributed by atoms with Gasteiger partial charge in [0.05, 0.1) is 13.2 Å².